The van der Waals surface area contributed by atoms with E-state index in [9.17, 15) is 22.4 Å². The number of carbonyl (C=O) groups excluding carboxylic acids is 1. The normalized spacial score (nSPS) is 14.5. The SMILES string of the molecule is COc1c(Cl)cc(Cl)cc1/C=C/C(=O)N1CCN(c2c(F)c(F)c(Cl)c(F)c2F)CC1. The third kappa shape index (κ3) is 4.71. The van der Waals surface area contributed by atoms with Crippen molar-refractivity contribution in [1.29, 1.82) is 0 Å². The lowest BCUT2D eigenvalue weighted by molar-refractivity contribution is -0.126. The zero-order valence-corrected chi connectivity index (χ0v) is 18.3. The fourth-order valence-electron chi connectivity index (χ4n) is 3.21. The Bertz CT molecular complexity index is 1030. The molecule has 0 aromatic heterocycles. The first kappa shape index (κ1) is 23.5. The molecular formula is C20H15Cl3F4N2O2. The van der Waals surface area contributed by atoms with Gasteiger partial charge in [-0.05, 0) is 18.2 Å². The van der Waals surface area contributed by atoms with Gasteiger partial charge in [-0.3, -0.25) is 4.79 Å². The zero-order valence-electron chi connectivity index (χ0n) is 16.0. The van der Waals surface area contributed by atoms with Gasteiger partial charge in [-0.25, -0.2) is 17.6 Å². The molecule has 0 aliphatic carbocycles. The van der Waals surface area contributed by atoms with Crippen molar-refractivity contribution in [3.8, 4) is 5.75 Å². The molecular weight excluding hydrogens is 483 g/mol. The van der Waals surface area contributed by atoms with Crippen LogP contribution in [0.1, 0.15) is 5.56 Å². The molecule has 0 unspecified atom stereocenters. The van der Waals surface area contributed by atoms with Crippen molar-refractivity contribution >= 4 is 52.5 Å². The standard InChI is InChI=1S/C20H15Cl3F4N2O2/c1-31-20-10(8-11(21)9-12(20)22)2-3-13(30)28-4-6-29(7-5-28)19-17(26)15(24)14(23)16(25)18(19)27/h2-3,8-9H,4-7H2,1H3/b3-2+. The number of hydrogen-bond donors (Lipinski definition) is 0. The molecule has 11 heteroatoms. The second-order valence-electron chi connectivity index (χ2n) is 6.57. The van der Waals surface area contributed by atoms with Gasteiger partial charge in [0.1, 0.15) is 16.5 Å². The minimum Gasteiger partial charge on any atom is -0.495 e. The van der Waals surface area contributed by atoms with Crippen LogP contribution in [-0.4, -0.2) is 44.1 Å². The molecule has 1 aliphatic heterocycles. The predicted molar refractivity (Wildman–Crippen MR) is 112 cm³/mol. The van der Waals surface area contributed by atoms with E-state index in [1.807, 2.05) is 0 Å². The predicted octanol–water partition coefficient (Wildman–Crippen LogP) is 5.57. The number of carbonyl (C=O) groups is 1. The van der Waals surface area contributed by atoms with Gasteiger partial charge in [-0.15, -0.1) is 0 Å². The van der Waals surface area contributed by atoms with E-state index in [0.717, 1.165) is 4.90 Å². The van der Waals surface area contributed by atoms with Crippen molar-refractivity contribution in [2.45, 2.75) is 0 Å². The summed E-state index contributed by atoms with van der Waals surface area (Å²) in [5.41, 5.74) is -0.358. The molecule has 31 heavy (non-hydrogen) atoms. The number of nitrogens with zero attached hydrogens (tertiary/aromatic N) is 2. The van der Waals surface area contributed by atoms with Crippen LogP contribution in [-0.2, 0) is 4.79 Å². The summed E-state index contributed by atoms with van der Waals surface area (Å²) in [6, 6.07) is 3.07. The highest BCUT2D eigenvalue weighted by atomic mass is 35.5. The maximum Gasteiger partial charge on any atom is 0.246 e. The number of piperazine rings is 1. The van der Waals surface area contributed by atoms with Gasteiger partial charge >= 0.3 is 0 Å². The van der Waals surface area contributed by atoms with Gasteiger partial charge in [0, 0.05) is 42.8 Å². The van der Waals surface area contributed by atoms with Crippen LogP contribution in [0.2, 0.25) is 15.1 Å². The van der Waals surface area contributed by atoms with Gasteiger partial charge in [0.2, 0.25) is 5.91 Å². The number of ether oxygens (including phenoxy) is 1. The number of hydrogen-bond acceptors (Lipinski definition) is 3. The summed E-state index contributed by atoms with van der Waals surface area (Å²) in [5.74, 6) is -6.51. The van der Waals surface area contributed by atoms with Crippen molar-refractivity contribution < 1.29 is 27.1 Å². The fourth-order valence-corrected chi connectivity index (χ4v) is 3.96. The quantitative estimate of drug-likeness (QED) is 0.240. The molecule has 1 amide bonds. The lowest BCUT2D eigenvalue weighted by Gasteiger charge is -2.36. The Morgan fingerprint density at radius 3 is 2.10 bits per heavy atom. The molecule has 2 aromatic carbocycles. The lowest BCUT2D eigenvalue weighted by atomic mass is 10.1. The zero-order chi connectivity index (χ0) is 22.9. The van der Waals surface area contributed by atoms with Gasteiger partial charge in [0.25, 0.3) is 0 Å². The number of anilines is 1. The van der Waals surface area contributed by atoms with Crippen LogP contribution < -0.4 is 9.64 Å². The van der Waals surface area contributed by atoms with Crippen molar-refractivity contribution in [2.75, 3.05) is 38.2 Å². The second-order valence-corrected chi connectivity index (χ2v) is 7.80. The van der Waals surface area contributed by atoms with Crippen LogP contribution in [0.25, 0.3) is 6.08 Å². The van der Waals surface area contributed by atoms with Crippen LogP contribution in [0.4, 0.5) is 23.2 Å². The molecule has 4 nitrogen and oxygen atoms in total. The highest BCUT2D eigenvalue weighted by molar-refractivity contribution is 6.36. The largest absolute Gasteiger partial charge is 0.495 e. The molecule has 1 saturated heterocycles. The van der Waals surface area contributed by atoms with E-state index in [1.54, 1.807) is 6.07 Å². The van der Waals surface area contributed by atoms with Crippen molar-refractivity contribution in [2.24, 2.45) is 0 Å². The van der Waals surface area contributed by atoms with Gasteiger partial charge < -0.3 is 14.5 Å². The molecule has 0 saturated carbocycles. The lowest BCUT2D eigenvalue weighted by Crippen LogP contribution is -2.49. The van der Waals surface area contributed by atoms with Crippen LogP contribution >= 0.6 is 34.8 Å². The molecule has 1 fully saturated rings. The van der Waals surface area contributed by atoms with Gasteiger partial charge in [0.15, 0.2) is 23.3 Å². The molecule has 3 rings (SSSR count). The Kier molecular flexibility index (Phi) is 7.24. The molecule has 0 bridgehead atoms. The van der Waals surface area contributed by atoms with Crippen LogP contribution in [0, 0.1) is 23.3 Å². The van der Waals surface area contributed by atoms with Gasteiger partial charge in [0.05, 0.1) is 12.1 Å². The summed E-state index contributed by atoms with van der Waals surface area (Å²) in [6.45, 7) is 0.0587. The first-order chi connectivity index (χ1) is 14.6. The fraction of sp³-hybridized carbons (Fsp3) is 0.250. The summed E-state index contributed by atoms with van der Waals surface area (Å²) in [5, 5.41) is -0.602. The summed E-state index contributed by atoms with van der Waals surface area (Å²) >= 11 is 17.3. The maximum atomic E-state index is 14.2. The van der Waals surface area contributed by atoms with E-state index in [0.29, 0.717) is 16.3 Å². The molecule has 2 aromatic rings. The molecule has 1 aliphatic rings. The number of amides is 1. The second kappa shape index (κ2) is 9.54. The highest BCUT2D eigenvalue weighted by Crippen LogP contribution is 2.34. The minimum atomic E-state index is -1.66. The molecule has 166 valence electrons. The molecule has 1 heterocycles. The Balaban J connectivity index is 1.73. The Labute approximate surface area is 190 Å². The smallest absolute Gasteiger partial charge is 0.246 e. The van der Waals surface area contributed by atoms with Crippen LogP contribution in [0.15, 0.2) is 18.2 Å². The monoisotopic (exact) mass is 496 g/mol. The molecule has 0 N–H and O–H groups in total. The molecule has 0 radical (unpaired) electrons. The average Bonchev–Trinajstić information content (AvgIpc) is 2.75. The topological polar surface area (TPSA) is 32.8 Å². The van der Waals surface area contributed by atoms with Crippen molar-refractivity contribution in [1.82, 2.24) is 4.90 Å². The summed E-state index contributed by atoms with van der Waals surface area (Å²) in [7, 11) is 1.42. The van der Waals surface area contributed by atoms with Crippen LogP contribution in [0.5, 0.6) is 5.75 Å². The van der Waals surface area contributed by atoms with Gasteiger partial charge in [-0.1, -0.05) is 34.8 Å². The van der Waals surface area contributed by atoms with E-state index in [1.165, 1.54) is 30.2 Å². The van der Waals surface area contributed by atoms with Crippen molar-refractivity contribution in [3.63, 3.8) is 0 Å². The van der Waals surface area contributed by atoms with Crippen molar-refractivity contribution in [3.05, 3.63) is 62.1 Å². The Hall–Kier alpha value is -2.16. The minimum absolute atomic E-state index is 0.0414. The number of benzene rings is 2. The number of halogens is 7. The Morgan fingerprint density at radius 2 is 1.55 bits per heavy atom. The average molecular weight is 498 g/mol. The van der Waals surface area contributed by atoms with E-state index in [-0.39, 0.29) is 37.1 Å². The van der Waals surface area contributed by atoms with E-state index in [4.69, 9.17) is 39.5 Å². The maximum absolute atomic E-state index is 14.2. The first-order valence-corrected chi connectivity index (χ1v) is 10.1. The molecule has 0 atom stereocenters. The third-order valence-corrected chi connectivity index (χ3v) is 5.57. The Morgan fingerprint density at radius 1 is 0.968 bits per heavy atom. The first-order valence-electron chi connectivity index (χ1n) is 8.92. The van der Waals surface area contributed by atoms with Crippen LogP contribution in [0.3, 0.4) is 0 Å². The highest BCUT2D eigenvalue weighted by Gasteiger charge is 2.30. The van der Waals surface area contributed by atoms with Gasteiger partial charge in [-0.2, -0.15) is 0 Å². The summed E-state index contributed by atoms with van der Waals surface area (Å²) < 4.78 is 61.0. The number of rotatable bonds is 4. The summed E-state index contributed by atoms with van der Waals surface area (Å²) in [4.78, 5) is 15.0. The molecule has 0 spiro atoms. The van der Waals surface area contributed by atoms with E-state index in [2.05, 4.69) is 0 Å². The summed E-state index contributed by atoms with van der Waals surface area (Å²) in [6.07, 6.45) is 2.76. The van der Waals surface area contributed by atoms with E-state index >= 15 is 0 Å². The number of methoxy groups -OCH3 is 1. The van der Waals surface area contributed by atoms with E-state index < -0.39 is 34.0 Å². The third-order valence-electron chi connectivity index (χ3n) is 4.74.